The first kappa shape index (κ1) is 12.9. The van der Waals surface area contributed by atoms with E-state index in [2.05, 4.69) is 10.3 Å². The lowest BCUT2D eigenvalue weighted by molar-refractivity contribution is 0.628. The molecule has 0 aliphatic heterocycles. The Balaban J connectivity index is 2.31. The van der Waals surface area contributed by atoms with Crippen molar-refractivity contribution in [2.24, 2.45) is 0 Å². The van der Waals surface area contributed by atoms with Crippen LogP contribution in [0.25, 0.3) is 22.2 Å². The number of anilines is 1. The van der Waals surface area contributed by atoms with Gasteiger partial charge in [-0.3, -0.25) is 0 Å². The standard InChI is InChI=1S/C16H12ClFN2/c1-19-14-9-11-5-3-7-13(17)15(11)20-16(14)10-4-2-6-12(18)8-10/h2-9,19H,1H3. The Kier molecular flexibility index (Phi) is 3.28. The quantitative estimate of drug-likeness (QED) is 0.736. The summed E-state index contributed by atoms with van der Waals surface area (Å²) in [5, 5.41) is 4.63. The van der Waals surface area contributed by atoms with E-state index in [1.807, 2.05) is 31.3 Å². The van der Waals surface area contributed by atoms with Gasteiger partial charge >= 0.3 is 0 Å². The van der Waals surface area contributed by atoms with Gasteiger partial charge in [0.1, 0.15) is 5.82 Å². The fourth-order valence-electron chi connectivity index (χ4n) is 2.21. The summed E-state index contributed by atoms with van der Waals surface area (Å²) in [5.74, 6) is -0.286. The van der Waals surface area contributed by atoms with Crippen molar-refractivity contribution in [1.82, 2.24) is 4.98 Å². The molecule has 0 aliphatic carbocycles. The van der Waals surface area contributed by atoms with Crippen LogP contribution in [0.1, 0.15) is 0 Å². The Morgan fingerprint density at radius 3 is 2.65 bits per heavy atom. The second-order valence-electron chi connectivity index (χ2n) is 4.46. The first-order valence-electron chi connectivity index (χ1n) is 6.22. The van der Waals surface area contributed by atoms with Gasteiger partial charge in [0.05, 0.1) is 21.9 Å². The molecule has 0 bridgehead atoms. The Morgan fingerprint density at radius 2 is 1.90 bits per heavy atom. The van der Waals surface area contributed by atoms with E-state index in [1.54, 1.807) is 12.1 Å². The van der Waals surface area contributed by atoms with Gasteiger partial charge in [0.15, 0.2) is 0 Å². The Hall–Kier alpha value is -2.13. The largest absolute Gasteiger partial charge is 0.386 e. The van der Waals surface area contributed by atoms with Crippen LogP contribution in [0.3, 0.4) is 0 Å². The average Bonchev–Trinajstić information content (AvgIpc) is 2.46. The molecule has 1 aromatic heterocycles. The molecule has 0 unspecified atom stereocenters. The lowest BCUT2D eigenvalue weighted by Crippen LogP contribution is -1.96. The maximum Gasteiger partial charge on any atom is 0.123 e. The summed E-state index contributed by atoms with van der Waals surface area (Å²) in [6.45, 7) is 0. The highest BCUT2D eigenvalue weighted by Gasteiger charge is 2.10. The lowest BCUT2D eigenvalue weighted by Gasteiger charge is -2.11. The minimum Gasteiger partial charge on any atom is -0.386 e. The molecule has 0 radical (unpaired) electrons. The van der Waals surface area contributed by atoms with Crippen molar-refractivity contribution >= 4 is 28.2 Å². The summed E-state index contributed by atoms with van der Waals surface area (Å²) in [4.78, 5) is 4.60. The monoisotopic (exact) mass is 286 g/mol. The second-order valence-corrected chi connectivity index (χ2v) is 4.86. The third-order valence-electron chi connectivity index (χ3n) is 3.16. The number of fused-ring (bicyclic) bond motifs is 1. The van der Waals surface area contributed by atoms with Crippen LogP contribution in [0.15, 0.2) is 48.5 Å². The maximum absolute atomic E-state index is 13.4. The minimum absolute atomic E-state index is 0.286. The molecule has 0 spiro atoms. The number of aromatic nitrogens is 1. The highest BCUT2D eigenvalue weighted by Crippen LogP contribution is 2.32. The zero-order valence-electron chi connectivity index (χ0n) is 10.8. The van der Waals surface area contributed by atoms with Gasteiger partial charge in [-0.15, -0.1) is 0 Å². The summed E-state index contributed by atoms with van der Waals surface area (Å²) < 4.78 is 13.4. The van der Waals surface area contributed by atoms with Gasteiger partial charge < -0.3 is 5.32 Å². The number of nitrogens with one attached hydrogen (secondary N) is 1. The van der Waals surface area contributed by atoms with E-state index in [1.165, 1.54) is 12.1 Å². The number of rotatable bonds is 2. The third-order valence-corrected chi connectivity index (χ3v) is 3.47. The summed E-state index contributed by atoms with van der Waals surface area (Å²) >= 11 is 6.19. The molecule has 3 aromatic rings. The summed E-state index contributed by atoms with van der Waals surface area (Å²) in [6.07, 6.45) is 0. The lowest BCUT2D eigenvalue weighted by atomic mass is 10.1. The third kappa shape index (κ3) is 2.21. The summed E-state index contributed by atoms with van der Waals surface area (Å²) in [5.41, 5.74) is 2.96. The topological polar surface area (TPSA) is 24.9 Å². The average molecular weight is 287 g/mol. The van der Waals surface area contributed by atoms with Crippen molar-refractivity contribution in [3.8, 4) is 11.3 Å². The van der Waals surface area contributed by atoms with E-state index >= 15 is 0 Å². The summed E-state index contributed by atoms with van der Waals surface area (Å²) in [6, 6.07) is 14.0. The molecule has 2 nitrogen and oxygen atoms in total. The molecular formula is C16H12ClFN2. The highest BCUT2D eigenvalue weighted by molar-refractivity contribution is 6.35. The number of benzene rings is 2. The molecule has 1 heterocycles. The molecule has 4 heteroatoms. The van der Waals surface area contributed by atoms with E-state index in [4.69, 9.17) is 11.6 Å². The molecule has 100 valence electrons. The first-order valence-corrected chi connectivity index (χ1v) is 6.60. The molecule has 0 atom stereocenters. The van der Waals surface area contributed by atoms with Crippen molar-refractivity contribution in [2.45, 2.75) is 0 Å². The molecule has 0 saturated carbocycles. The minimum atomic E-state index is -0.286. The number of hydrogen-bond donors (Lipinski definition) is 1. The predicted molar refractivity (Wildman–Crippen MR) is 81.7 cm³/mol. The number of halogens is 2. The SMILES string of the molecule is CNc1cc2cccc(Cl)c2nc1-c1cccc(F)c1. The van der Waals surface area contributed by atoms with E-state index < -0.39 is 0 Å². The van der Waals surface area contributed by atoms with E-state index in [0.29, 0.717) is 16.2 Å². The number of para-hydroxylation sites is 1. The van der Waals surface area contributed by atoms with Crippen molar-refractivity contribution in [1.29, 1.82) is 0 Å². The van der Waals surface area contributed by atoms with Crippen molar-refractivity contribution in [2.75, 3.05) is 12.4 Å². The normalized spacial score (nSPS) is 10.8. The molecule has 0 fully saturated rings. The molecule has 20 heavy (non-hydrogen) atoms. The van der Waals surface area contributed by atoms with Gasteiger partial charge in [0.25, 0.3) is 0 Å². The van der Waals surface area contributed by atoms with Gasteiger partial charge in [-0.25, -0.2) is 9.37 Å². The Bertz CT molecular complexity index is 787. The van der Waals surface area contributed by atoms with Gasteiger partial charge in [-0.1, -0.05) is 35.9 Å². The zero-order valence-corrected chi connectivity index (χ0v) is 11.6. The highest BCUT2D eigenvalue weighted by atomic mass is 35.5. The van der Waals surface area contributed by atoms with Crippen LogP contribution in [-0.4, -0.2) is 12.0 Å². The van der Waals surface area contributed by atoms with Crippen LogP contribution in [-0.2, 0) is 0 Å². The first-order chi connectivity index (χ1) is 9.69. The smallest absolute Gasteiger partial charge is 0.123 e. The van der Waals surface area contributed by atoms with Crippen molar-refractivity contribution in [3.05, 3.63) is 59.4 Å². The molecule has 2 aromatic carbocycles. The molecule has 0 aliphatic rings. The maximum atomic E-state index is 13.4. The van der Waals surface area contributed by atoms with Crippen LogP contribution in [0.4, 0.5) is 10.1 Å². The fourth-order valence-corrected chi connectivity index (χ4v) is 2.43. The van der Waals surface area contributed by atoms with Crippen LogP contribution in [0, 0.1) is 5.82 Å². The van der Waals surface area contributed by atoms with Crippen molar-refractivity contribution < 1.29 is 4.39 Å². The van der Waals surface area contributed by atoms with Crippen LogP contribution in [0.5, 0.6) is 0 Å². The molecule has 0 amide bonds. The van der Waals surface area contributed by atoms with Crippen molar-refractivity contribution in [3.63, 3.8) is 0 Å². The van der Waals surface area contributed by atoms with Gasteiger partial charge in [-0.05, 0) is 24.3 Å². The number of nitrogens with zero attached hydrogens (tertiary/aromatic N) is 1. The summed E-state index contributed by atoms with van der Waals surface area (Å²) in [7, 11) is 1.82. The van der Waals surface area contributed by atoms with Gasteiger partial charge in [-0.2, -0.15) is 0 Å². The van der Waals surface area contributed by atoms with Crippen LogP contribution < -0.4 is 5.32 Å². The predicted octanol–water partition coefficient (Wildman–Crippen LogP) is 4.74. The molecular weight excluding hydrogens is 275 g/mol. The zero-order chi connectivity index (χ0) is 14.1. The molecule has 3 rings (SSSR count). The number of hydrogen-bond acceptors (Lipinski definition) is 2. The van der Waals surface area contributed by atoms with Crippen LogP contribution in [0.2, 0.25) is 5.02 Å². The van der Waals surface area contributed by atoms with E-state index in [9.17, 15) is 4.39 Å². The van der Waals surface area contributed by atoms with Gasteiger partial charge in [0.2, 0.25) is 0 Å². The second kappa shape index (κ2) is 5.10. The van der Waals surface area contributed by atoms with Crippen LogP contribution >= 0.6 is 11.6 Å². The molecule has 0 saturated heterocycles. The van der Waals surface area contributed by atoms with Gasteiger partial charge in [0, 0.05) is 18.0 Å². The van der Waals surface area contributed by atoms with E-state index in [-0.39, 0.29) is 5.82 Å². The Morgan fingerprint density at radius 1 is 1.10 bits per heavy atom. The fraction of sp³-hybridized carbons (Fsp3) is 0.0625. The molecule has 1 N–H and O–H groups in total. The number of pyridine rings is 1. The Labute approximate surface area is 121 Å². The van der Waals surface area contributed by atoms with E-state index in [0.717, 1.165) is 16.6 Å².